The van der Waals surface area contributed by atoms with Gasteiger partial charge in [-0.3, -0.25) is 9.36 Å². The molecule has 1 N–H and O–H groups in total. The lowest BCUT2D eigenvalue weighted by molar-refractivity contribution is -0.870. The molecular weight excluding hydrogens is 521 g/mol. The molecule has 0 aromatic rings. The highest BCUT2D eigenvalue weighted by Crippen LogP contribution is 2.38. The zero-order chi connectivity index (χ0) is 29.4. The Bertz CT molecular complexity index is 629. The van der Waals surface area contributed by atoms with Gasteiger partial charge in [-0.1, -0.05) is 84.0 Å². The summed E-state index contributed by atoms with van der Waals surface area (Å²) in [5.74, 6) is -0.844. The molecule has 0 bridgehead atoms. The zero-order valence-corrected chi connectivity index (χ0v) is 26.6. The largest absolute Gasteiger partial charge is 0.756 e. The predicted molar refractivity (Wildman–Crippen MR) is 155 cm³/mol. The van der Waals surface area contributed by atoms with Crippen LogP contribution in [0, 0.1) is 0 Å². The summed E-state index contributed by atoms with van der Waals surface area (Å²) in [4.78, 5) is 22.9. The smallest absolute Gasteiger partial charge is 0.303 e. The predicted octanol–water partition coefficient (Wildman–Crippen LogP) is 6.33. The van der Waals surface area contributed by atoms with Crippen molar-refractivity contribution in [2.75, 3.05) is 54.1 Å². The second kappa shape index (κ2) is 24.1. The van der Waals surface area contributed by atoms with Crippen LogP contribution in [0.3, 0.4) is 0 Å². The number of carboxylic acid groups (broad SMARTS) is 1. The second-order valence-electron chi connectivity index (χ2n) is 11.8. The third kappa shape index (κ3) is 28.8. The Hall–Kier alpha value is -0.540. The van der Waals surface area contributed by atoms with Crippen molar-refractivity contribution in [1.82, 2.24) is 0 Å². The maximum atomic E-state index is 12.2. The van der Waals surface area contributed by atoms with Crippen LogP contribution >= 0.6 is 7.82 Å². The van der Waals surface area contributed by atoms with Gasteiger partial charge < -0.3 is 33.0 Å². The van der Waals surface area contributed by atoms with Crippen molar-refractivity contribution < 1.29 is 42.4 Å². The first-order chi connectivity index (χ1) is 18.4. The lowest BCUT2D eigenvalue weighted by Gasteiger charge is -2.28. The van der Waals surface area contributed by atoms with Gasteiger partial charge in [0.2, 0.25) is 0 Å². The molecule has 3 atom stereocenters. The van der Waals surface area contributed by atoms with Gasteiger partial charge in [0.1, 0.15) is 19.3 Å². The van der Waals surface area contributed by atoms with Gasteiger partial charge >= 0.3 is 5.97 Å². The highest BCUT2D eigenvalue weighted by Gasteiger charge is 2.18. The first-order valence-corrected chi connectivity index (χ1v) is 16.8. The number of quaternary nitrogens is 1. The van der Waals surface area contributed by atoms with Gasteiger partial charge in [0.05, 0.1) is 40.5 Å². The average molecular weight is 582 g/mol. The van der Waals surface area contributed by atoms with Crippen molar-refractivity contribution in [2.45, 2.75) is 129 Å². The highest BCUT2D eigenvalue weighted by molar-refractivity contribution is 7.45. The second-order valence-corrected chi connectivity index (χ2v) is 13.2. The Labute approximate surface area is 239 Å². The number of carbonyl (C=O) groups is 1. The van der Waals surface area contributed by atoms with Gasteiger partial charge in [-0.2, -0.15) is 0 Å². The van der Waals surface area contributed by atoms with Crippen LogP contribution in [-0.2, 0) is 27.9 Å². The molecule has 0 saturated carbocycles. The third-order valence-electron chi connectivity index (χ3n) is 6.60. The summed E-state index contributed by atoms with van der Waals surface area (Å²) in [7, 11) is 1.39. The number of aliphatic carboxylic acids is 1. The minimum atomic E-state index is -4.45. The van der Waals surface area contributed by atoms with E-state index in [2.05, 4.69) is 6.92 Å². The standard InChI is InChI=1S/C29H60NO8P/c1-6-7-8-9-10-11-12-13-14-15-16-17-20-27(2)36-25-28(35-23-19-18-21-29(31)32)26-38-39(33,34)37-24-22-30(3,4)5/h27-28H,6-26H2,1-5H3,(H-,31,32,33,34)/t27-,28-/m1/s1. The number of rotatable bonds is 29. The molecule has 0 rings (SSSR count). The van der Waals surface area contributed by atoms with Crippen molar-refractivity contribution >= 4 is 13.8 Å². The lowest BCUT2D eigenvalue weighted by atomic mass is 10.0. The van der Waals surface area contributed by atoms with Crippen molar-refractivity contribution in [3.05, 3.63) is 0 Å². The highest BCUT2D eigenvalue weighted by atomic mass is 31.2. The van der Waals surface area contributed by atoms with Gasteiger partial charge in [-0.25, -0.2) is 0 Å². The Kier molecular flexibility index (Phi) is 23.8. The molecule has 0 fully saturated rings. The third-order valence-corrected chi connectivity index (χ3v) is 7.56. The topological polar surface area (TPSA) is 114 Å². The average Bonchev–Trinajstić information content (AvgIpc) is 2.84. The van der Waals surface area contributed by atoms with E-state index in [4.69, 9.17) is 23.6 Å². The van der Waals surface area contributed by atoms with Crippen LogP contribution in [0.4, 0.5) is 0 Å². The summed E-state index contributed by atoms with van der Waals surface area (Å²) < 4.78 is 34.5. The molecule has 0 aliphatic carbocycles. The zero-order valence-electron chi connectivity index (χ0n) is 25.7. The summed E-state index contributed by atoms with van der Waals surface area (Å²) in [5.41, 5.74) is 0. The number of phosphoric acid groups is 1. The van der Waals surface area contributed by atoms with Crippen molar-refractivity contribution in [2.24, 2.45) is 0 Å². The van der Waals surface area contributed by atoms with Crippen molar-refractivity contribution in [3.8, 4) is 0 Å². The van der Waals surface area contributed by atoms with E-state index in [1.807, 2.05) is 28.1 Å². The number of carboxylic acids is 1. The molecule has 0 aromatic carbocycles. The quantitative estimate of drug-likeness (QED) is 0.0619. The van der Waals surface area contributed by atoms with Crippen molar-refractivity contribution in [3.63, 3.8) is 0 Å². The molecule has 0 aliphatic heterocycles. The molecular formula is C29H60NO8P. The van der Waals surface area contributed by atoms with Gasteiger partial charge in [-0.15, -0.1) is 0 Å². The molecule has 39 heavy (non-hydrogen) atoms. The first-order valence-electron chi connectivity index (χ1n) is 15.3. The molecule has 0 saturated heterocycles. The van der Waals surface area contributed by atoms with E-state index in [0.717, 1.165) is 12.8 Å². The van der Waals surface area contributed by atoms with Crippen LogP contribution in [0.25, 0.3) is 0 Å². The fourth-order valence-corrected chi connectivity index (χ4v) is 4.77. The molecule has 10 heteroatoms. The minimum absolute atomic E-state index is 0.0334. The van der Waals surface area contributed by atoms with Crippen LogP contribution in [0.15, 0.2) is 0 Å². The first kappa shape index (κ1) is 38.5. The van der Waals surface area contributed by atoms with Crippen LogP contribution in [0.5, 0.6) is 0 Å². The molecule has 9 nitrogen and oxygen atoms in total. The molecule has 1 unspecified atom stereocenters. The Morgan fingerprint density at radius 2 is 1.36 bits per heavy atom. The normalized spacial score (nSPS) is 15.2. The summed E-state index contributed by atoms with van der Waals surface area (Å²) >= 11 is 0. The van der Waals surface area contributed by atoms with E-state index < -0.39 is 19.9 Å². The SMILES string of the molecule is CCCCCCCCCCCCCC[C@@H](C)OC[C@H](COP(=O)([O-])OCC[N+](C)(C)C)OCCCCC(=O)O. The van der Waals surface area contributed by atoms with Crippen LogP contribution in [0.1, 0.15) is 117 Å². The van der Waals surface area contributed by atoms with E-state index in [0.29, 0.717) is 30.5 Å². The van der Waals surface area contributed by atoms with Crippen LogP contribution in [-0.4, -0.2) is 81.9 Å². The number of nitrogens with zero attached hydrogens (tertiary/aromatic N) is 1. The maximum absolute atomic E-state index is 12.2. The molecule has 0 spiro atoms. The molecule has 0 radical (unpaired) electrons. The summed E-state index contributed by atoms with van der Waals surface area (Å²) in [5, 5.41) is 8.79. The molecule has 234 valence electrons. The lowest BCUT2D eigenvalue weighted by Crippen LogP contribution is -2.37. The van der Waals surface area contributed by atoms with Crippen molar-refractivity contribution in [1.29, 1.82) is 0 Å². The van der Waals surface area contributed by atoms with Crippen LogP contribution in [0.2, 0.25) is 0 Å². The number of phosphoric ester groups is 1. The van der Waals surface area contributed by atoms with Gasteiger partial charge in [-0.05, 0) is 26.2 Å². The number of ether oxygens (including phenoxy) is 2. The van der Waals surface area contributed by atoms with E-state index in [9.17, 15) is 14.3 Å². The number of unbranched alkanes of at least 4 members (excludes halogenated alkanes) is 12. The Morgan fingerprint density at radius 3 is 1.90 bits per heavy atom. The Balaban J connectivity index is 4.22. The summed E-state index contributed by atoms with van der Waals surface area (Å²) in [6.45, 7) is 5.16. The van der Waals surface area contributed by atoms with E-state index >= 15 is 0 Å². The summed E-state index contributed by atoms with van der Waals surface area (Å²) in [6, 6.07) is 0. The fraction of sp³-hybridized carbons (Fsp3) is 0.966. The molecule has 0 aromatic heterocycles. The monoisotopic (exact) mass is 581 g/mol. The number of hydrogen-bond donors (Lipinski definition) is 1. The van der Waals surface area contributed by atoms with Gasteiger partial charge in [0.15, 0.2) is 0 Å². The van der Waals surface area contributed by atoms with E-state index in [1.54, 1.807) is 0 Å². The maximum Gasteiger partial charge on any atom is 0.303 e. The number of likely N-dealkylation sites (N-methyl/N-ethyl adjacent to an activating group) is 1. The fourth-order valence-electron chi connectivity index (χ4n) is 4.04. The molecule has 0 aliphatic rings. The minimum Gasteiger partial charge on any atom is -0.756 e. The van der Waals surface area contributed by atoms with E-state index in [1.165, 1.54) is 70.6 Å². The van der Waals surface area contributed by atoms with Gasteiger partial charge in [0, 0.05) is 13.0 Å². The van der Waals surface area contributed by atoms with E-state index in [-0.39, 0.29) is 32.3 Å². The number of hydrogen-bond acceptors (Lipinski definition) is 7. The van der Waals surface area contributed by atoms with Crippen LogP contribution < -0.4 is 4.89 Å². The Morgan fingerprint density at radius 1 is 0.795 bits per heavy atom. The molecule has 0 amide bonds. The van der Waals surface area contributed by atoms with Gasteiger partial charge in [0.25, 0.3) is 7.82 Å². The summed E-state index contributed by atoms with van der Waals surface area (Å²) in [6.07, 6.45) is 17.2. The molecule has 0 heterocycles.